The van der Waals surface area contributed by atoms with Crippen LogP contribution in [0.15, 0.2) is 75.7 Å². The van der Waals surface area contributed by atoms with Gasteiger partial charge in [-0.05, 0) is 86.6 Å². The lowest BCUT2D eigenvalue weighted by Crippen LogP contribution is -2.40. The van der Waals surface area contributed by atoms with Crippen LogP contribution in [0.2, 0.25) is 0 Å². The van der Waals surface area contributed by atoms with Gasteiger partial charge in [0.25, 0.3) is 5.56 Å². The van der Waals surface area contributed by atoms with Crippen molar-refractivity contribution in [2.45, 2.75) is 73.3 Å². The number of fused-ring (bicyclic) bond motifs is 1. The third-order valence-corrected chi connectivity index (χ3v) is 8.81. The number of allylic oxidation sites excluding steroid dienone is 1. The lowest BCUT2D eigenvalue weighted by molar-refractivity contribution is -0.139. The molecule has 3 heterocycles. The van der Waals surface area contributed by atoms with E-state index in [1.807, 2.05) is 18.2 Å². The van der Waals surface area contributed by atoms with Crippen molar-refractivity contribution >= 4 is 23.4 Å². The molecule has 1 aliphatic heterocycles. The predicted octanol–water partition coefficient (Wildman–Crippen LogP) is 6.42. The normalized spacial score (nSPS) is 15.2. The Hall–Kier alpha value is -3.97. The molecule has 0 amide bonds. The molecule has 0 bridgehead atoms. The highest BCUT2D eigenvalue weighted by atomic mass is 32.1. The van der Waals surface area contributed by atoms with Gasteiger partial charge in [-0.15, -0.1) is 0 Å². The second-order valence-corrected chi connectivity index (χ2v) is 12.2. The van der Waals surface area contributed by atoms with Crippen molar-refractivity contribution in [3.63, 3.8) is 0 Å². The molecule has 42 heavy (non-hydrogen) atoms. The zero-order valence-electron chi connectivity index (χ0n) is 25.5. The Bertz CT molecular complexity index is 1850. The number of nitrogens with zero attached hydrogens (tertiary/aromatic N) is 3. The minimum atomic E-state index is -0.607. The number of esters is 1. The standard InChI is InChI=1S/C35H39N3O3S/c1-8-11-29-31(34(40)41-9-2)32(26-16-14-25(15-17-26)21(3)4)38-33(39)30(42-35(38)36-29)20-27-19-23(6)37(24(27)7)28-13-10-12-22(5)18-28/h10,12-21,32H,8-9,11H2,1-7H3/b30-20+/t32-/m0/s1. The first-order valence-corrected chi connectivity index (χ1v) is 15.5. The summed E-state index contributed by atoms with van der Waals surface area (Å²) in [5.74, 6) is -0.0471. The molecule has 0 radical (unpaired) electrons. The van der Waals surface area contributed by atoms with E-state index in [-0.39, 0.29) is 12.2 Å². The van der Waals surface area contributed by atoms with Crippen LogP contribution in [-0.4, -0.2) is 21.7 Å². The van der Waals surface area contributed by atoms with Gasteiger partial charge in [0, 0.05) is 17.1 Å². The Balaban J connectivity index is 1.72. The number of thiazole rings is 1. The average Bonchev–Trinajstić information content (AvgIpc) is 3.42. The molecule has 6 nitrogen and oxygen atoms in total. The molecule has 7 heteroatoms. The molecule has 218 valence electrons. The van der Waals surface area contributed by atoms with E-state index in [2.05, 4.69) is 88.6 Å². The molecule has 0 aliphatic carbocycles. The number of hydrogen-bond donors (Lipinski definition) is 0. The van der Waals surface area contributed by atoms with Crippen molar-refractivity contribution in [1.82, 2.24) is 9.13 Å². The van der Waals surface area contributed by atoms with Crippen LogP contribution in [0.25, 0.3) is 11.8 Å². The molecule has 0 saturated carbocycles. The van der Waals surface area contributed by atoms with Crippen molar-refractivity contribution in [1.29, 1.82) is 0 Å². The second-order valence-electron chi connectivity index (χ2n) is 11.2. The summed E-state index contributed by atoms with van der Waals surface area (Å²) < 4.78 is 10.0. The number of aryl methyl sites for hydroxylation is 2. The minimum Gasteiger partial charge on any atom is -0.463 e. The Kier molecular flexibility index (Phi) is 8.50. The molecular formula is C35H39N3O3S. The van der Waals surface area contributed by atoms with E-state index < -0.39 is 12.0 Å². The summed E-state index contributed by atoms with van der Waals surface area (Å²) in [5.41, 5.74) is 8.48. The number of carbonyl (C=O) groups excluding carboxylic acids is 1. The van der Waals surface area contributed by atoms with E-state index in [0.717, 1.165) is 34.6 Å². The van der Waals surface area contributed by atoms with E-state index in [4.69, 9.17) is 9.73 Å². The monoisotopic (exact) mass is 581 g/mol. The SMILES string of the molecule is CCCC1=C(C(=O)OCC)[C@H](c2ccc(C(C)C)cc2)n2c(s/c(=C/c3cc(C)n(-c4cccc(C)c4)c3C)c2=O)=N1. The zero-order valence-corrected chi connectivity index (χ0v) is 26.3. The molecular weight excluding hydrogens is 542 g/mol. The number of ether oxygens (including phenoxy) is 1. The van der Waals surface area contributed by atoms with E-state index >= 15 is 0 Å². The van der Waals surface area contributed by atoms with Gasteiger partial charge in [-0.25, -0.2) is 9.79 Å². The van der Waals surface area contributed by atoms with Gasteiger partial charge in [0.1, 0.15) is 0 Å². The third kappa shape index (κ3) is 5.45. The first kappa shape index (κ1) is 29.5. The maximum atomic E-state index is 14.2. The Labute approximate surface area is 251 Å². The fourth-order valence-electron chi connectivity index (χ4n) is 5.74. The molecule has 0 unspecified atom stereocenters. The van der Waals surface area contributed by atoms with Gasteiger partial charge < -0.3 is 9.30 Å². The van der Waals surface area contributed by atoms with E-state index in [0.29, 0.717) is 32.9 Å². The van der Waals surface area contributed by atoms with Crippen molar-refractivity contribution in [2.75, 3.05) is 6.61 Å². The van der Waals surface area contributed by atoms with Crippen molar-refractivity contribution < 1.29 is 9.53 Å². The van der Waals surface area contributed by atoms with E-state index in [1.165, 1.54) is 22.5 Å². The summed E-state index contributed by atoms with van der Waals surface area (Å²) in [5, 5.41) is 0. The van der Waals surface area contributed by atoms with Gasteiger partial charge >= 0.3 is 5.97 Å². The average molecular weight is 582 g/mol. The molecule has 0 fully saturated rings. The molecule has 5 rings (SSSR count). The summed E-state index contributed by atoms with van der Waals surface area (Å²) in [6.07, 6.45) is 3.41. The summed E-state index contributed by atoms with van der Waals surface area (Å²) in [6, 6.07) is 18.1. The summed E-state index contributed by atoms with van der Waals surface area (Å²) in [6.45, 7) is 14.7. The van der Waals surface area contributed by atoms with Crippen LogP contribution < -0.4 is 14.9 Å². The second kappa shape index (κ2) is 12.1. The Morgan fingerprint density at radius 3 is 2.45 bits per heavy atom. The number of hydrogen-bond acceptors (Lipinski definition) is 5. The third-order valence-electron chi connectivity index (χ3n) is 7.83. The highest BCUT2D eigenvalue weighted by molar-refractivity contribution is 7.07. The summed E-state index contributed by atoms with van der Waals surface area (Å²) in [4.78, 5) is 33.1. The van der Waals surface area contributed by atoms with Crippen LogP contribution in [0, 0.1) is 20.8 Å². The Morgan fingerprint density at radius 2 is 1.81 bits per heavy atom. The van der Waals surface area contributed by atoms with Crippen LogP contribution >= 0.6 is 11.3 Å². The van der Waals surface area contributed by atoms with Gasteiger partial charge in [0.2, 0.25) is 0 Å². The quantitative estimate of drug-likeness (QED) is 0.226. The fourth-order valence-corrected chi connectivity index (χ4v) is 6.75. The van der Waals surface area contributed by atoms with Crippen molar-refractivity contribution in [3.8, 4) is 5.69 Å². The first-order valence-electron chi connectivity index (χ1n) is 14.7. The molecule has 2 aromatic heterocycles. The van der Waals surface area contributed by atoms with E-state index in [1.54, 1.807) is 11.5 Å². The molecule has 1 aliphatic rings. The van der Waals surface area contributed by atoms with Crippen LogP contribution in [0.3, 0.4) is 0 Å². The lowest BCUT2D eigenvalue weighted by Gasteiger charge is -2.26. The first-order chi connectivity index (χ1) is 20.1. The van der Waals surface area contributed by atoms with Gasteiger partial charge in [0.05, 0.1) is 28.5 Å². The van der Waals surface area contributed by atoms with Gasteiger partial charge in [-0.3, -0.25) is 9.36 Å². The molecule has 1 atom stereocenters. The fraction of sp³-hybridized carbons (Fsp3) is 0.343. The highest BCUT2D eigenvalue weighted by Gasteiger charge is 2.34. The number of rotatable bonds is 8. The van der Waals surface area contributed by atoms with Crippen LogP contribution in [0.5, 0.6) is 0 Å². The van der Waals surface area contributed by atoms with Crippen LogP contribution in [0.4, 0.5) is 0 Å². The number of carbonyl (C=O) groups is 1. The minimum absolute atomic E-state index is 0.158. The van der Waals surface area contributed by atoms with Crippen molar-refractivity contribution in [3.05, 3.63) is 119 Å². The zero-order chi connectivity index (χ0) is 30.1. The van der Waals surface area contributed by atoms with Crippen molar-refractivity contribution in [2.24, 2.45) is 4.99 Å². The van der Waals surface area contributed by atoms with Crippen LogP contribution in [0.1, 0.15) is 86.1 Å². The molecule has 0 N–H and O–H groups in total. The van der Waals surface area contributed by atoms with Gasteiger partial charge in [-0.2, -0.15) is 0 Å². The summed E-state index contributed by atoms with van der Waals surface area (Å²) >= 11 is 1.37. The van der Waals surface area contributed by atoms with Crippen LogP contribution in [-0.2, 0) is 9.53 Å². The molecule has 2 aromatic carbocycles. The predicted molar refractivity (Wildman–Crippen MR) is 170 cm³/mol. The van der Waals surface area contributed by atoms with Gasteiger partial charge in [0.15, 0.2) is 4.80 Å². The summed E-state index contributed by atoms with van der Waals surface area (Å²) in [7, 11) is 0. The Morgan fingerprint density at radius 1 is 1.07 bits per heavy atom. The molecule has 0 spiro atoms. The maximum absolute atomic E-state index is 14.2. The molecule has 4 aromatic rings. The van der Waals surface area contributed by atoms with Gasteiger partial charge in [-0.1, -0.05) is 74.9 Å². The largest absolute Gasteiger partial charge is 0.463 e. The number of aromatic nitrogens is 2. The highest BCUT2D eigenvalue weighted by Crippen LogP contribution is 2.33. The molecule has 0 saturated heterocycles. The smallest absolute Gasteiger partial charge is 0.338 e. The lowest BCUT2D eigenvalue weighted by atomic mass is 9.92. The topological polar surface area (TPSA) is 65.6 Å². The maximum Gasteiger partial charge on any atom is 0.338 e. The van der Waals surface area contributed by atoms with E-state index in [9.17, 15) is 9.59 Å². The number of benzene rings is 2.